The lowest BCUT2D eigenvalue weighted by Crippen LogP contribution is -2.35. The number of para-hydroxylation sites is 1. The first kappa shape index (κ1) is 18.9. The van der Waals surface area contributed by atoms with E-state index in [1.165, 1.54) is 11.1 Å². The second-order valence-corrected chi connectivity index (χ2v) is 8.36. The molecule has 144 valence electrons. The third-order valence-electron chi connectivity index (χ3n) is 5.03. The summed E-state index contributed by atoms with van der Waals surface area (Å²) in [6.07, 6.45) is 2.63. The molecule has 3 aromatic carbocycles. The topological polar surface area (TPSA) is 47.6 Å². The van der Waals surface area contributed by atoms with E-state index >= 15 is 0 Å². The molecule has 0 fully saturated rings. The van der Waals surface area contributed by atoms with E-state index < -0.39 is 11.4 Å². The van der Waals surface area contributed by atoms with Crippen LogP contribution in [0, 0.1) is 6.92 Å². The second-order valence-electron chi connectivity index (χ2n) is 7.00. The van der Waals surface area contributed by atoms with Gasteiger partial charge in [0.25, 0.3) is 0 Å². The molecule has 1 atom stereocenters. The van der Waals surface area contributed by atoms with Crippen LogP contribution in [0.1, 0.15) is 16.7 Å². The van der Waals surface area contributed by atoms with Crippen molar-refractivity contribution in [1.82, 2.24) is 4.31 Å². The van der Waals surface area contributed by atoms with Gasteiger partial charge >= 0.3 is 0 Å². The molecule has 4 nitrogen and oxygen atoms in total. The zero-order chi connectivity index (χ0) is 19.5. The van der Waals surface area contributed by atoms with Gasteiger partial charge in [-0.05, 0) is 54.3 Å². The quantitative estimate of drug-likeness (QED) is 0.608. The van der Waals surface area contributed by atoms with E-state index in [0.717, 1.165) is 47.9 Å². The summed E-state index contributed by atoms with van der Waals surface area (Å²) >= 11 is -0.933. The van der Waals surface area contributed by atoms with E-state index in [1.807, 2.05) is 47.6 Å². The minimum Gasteiger partial charge on any atom is -0.598 e. The van der Waals surface area contributed by atoms with Gasteiger partial charge in [0.15, 0.2) is 0 Å². The molecule has 1 aliphatic heterocycles. The second kappa shape index (κ2) is 8.27. The molecule has 0 amide bonds. The van der Waals surface area contributed by atoms with Crippen molar-refractivity contribution in [2.45, 2.75) is 19.9 Å². The van der Waals surface area contributed by atoms with Gasteiger partial charge in [-0.1, -0.05) is 36.4 Å². The van der Waals surface area contributed by atoms with Crippen molar-refractivity contribution in [1.29, 1.82) is 0 Å². The van der Waals surface area contributed by atoms with Crippen LogP contribution in [0.4, 0.5) is 11.4 Å². The van der Waals surface area contributed by atoms with Gasteiger partial charge in [-0.25, -0.2) is 0 Å². The maximum atomic E-state index is 11.8. The minimum absolute atomic E-state index is 0.726. The molecule has 0 saturated heterocycles. The zero-order valence-corrected chi connectivity index (χ0v) is 17.0. The van der Waals surface area contributed by atoms with Crippen molar-refractivity contribution in [2.24, 2.45) is 0 Å². The van der Waals surface area contributed by atoms with Gasteiger partial charge in [0.1, 0.15) is 17.8 Å². The summed E-state index contributed by atoms with van der Waals surface area (Å²) in [6.45, 7) is 3.58. The molecule has 1 unspecified atom stereocenters. The van der Waals surface area contributed by atoms with Crippen molar-refractivity contribution in [3.8, 4) is 11.5 Å². The molecule has 5 heteroatoms. The summed E-state index contributed by atoms with van der Waals surface area (Å²) in [5, 5.41) is 3.56. The van der Waals surface area contributed by atoms with Gasteiger partial charge in [0, 0.05) is 35.3 Å². The number of aryl methyl sites for hydroxylation is 1. The van der Waals surface area contributed by atoms with Crippen LogP contribution in [0.3, 0.4) is 0 Å². The first-order chi connectivity index (χ1) is 13.6. The number of ether oxygens (including phenoxy) is 1. The third kappa shape index (κ3) is 4.17. The lowest BCUT2D eigenvalue weighted by molar-refractivity contribution is 0.395. The predicted molar refractivity (Wildman–Crippen MR) is 116 cm³/mol. The lowest BCUT2D eigenvalue weighted by Gasteiger charge is -2.29. The van der Waals surface area contributed by atoms with Crippen molar-refractivity contribution in [3.05, 3.63) is 83.4 Å². The molecular weight excluding hydrogens is 368 g/mol. The fourth-order valence-electron chi connectivity index (χ4n) is 3.48. The smallest absolute Gasteiger partial charge is 0.132 e. The van der Waals surface area contributed by atoms with Gasteiger partial charge in [-0.15, -0.1) is 4.31 Å². The molecule has 0 saturated carbocycles. The molecule has 0 radical (unpaired) electrons. The summed E-state index contributed by atoms with van der Waals surface area (Å²) in [6, 6.07) is 22.3. The highest BCUT2D eigenvalue weighted by molar-refractivity contribution is 7.88. The Labute approximate surface area is 169 Å². The monoisotopic (exact) mass is 392 g/mol. The lowest BCUT2D eigenvalue weighted by atomic mass is 9.99. The summed E-state index contributed by atoms with van der Waals surface area (Å²) in [4.78, 5) is 0. The first-order valence-corrected chi connectivity index (χ1v) is 10.9. The zero-order valence-electron chi connectivity index (χ0n) is 16.1. The largest absolute Gasteiger partial charge is 0.598 e. The SMILES string of the molecule is Cc1ccc(Nc2cccc3c2CCN([S+](C)[O-])C3)cc1Oc1ccccc1. The Hall–Kier alpha value is -2.47. The maximum Gasteiger partial charge on any atom is 0.132 e. The van der Waals surface area contributed by atoms with E-state index in [9.17, 15) is 4.55 Å². The number of rotatable bonds is 5. The van der Waals surface area contributed by atoms with Crippen LogP contribution in [0.2, 0.25) is 0 Å². The van der Waals surface area contributed by atoms with Crippen molar-refractivity contribution in [3.63, 3.8) is 0 Å². The molecule has 0 bridgehead atoms. The van der Waals surface area contributed by atoms with Gasteiger partial charge in [0.2, 0.25) is 0 Å². The summed E-state index contributed by atoms with van der Waals surface area (Å²) in [5.74, 6) is 1.67. The Morgan fingerprint density at radius 3 is 2.64 bits per heavy atom. The molecule has 0 spiro atoms. The normalized spacial score (nSPS) is 15.0. The number of hydrogen-bond acceptors (Lipinski definition) is 4. The highest BCUT2D eigenvalue weighted by atomic mass is 32.2. The molecule has 28 heavy (non-hydrogen) atoms. The van der Waals surface area contributed by atoms with Gasteiger partial charge < -0.3 is 14.6 Å². The summed E-state index contributed by atoms with van der Waals surface area (Å²) < 4.78 is 19.9. The Balaban J connectivity index is 1.57. The van der Waals surface area contributed by atoms with Crippen LogP contribution < -0.4 is 10.1 Å². The Morgan fingerprint density at radius 1 is 1.04 bits per heavy atom. The standard InChI is InChI=1S/C23H24N2O2S/c1-17-11-12-19(15-23(17)27-20-8-4-3-5-9-20)24-22-10-6-7-18-16-25(28(2)26)14-13-21(18)22/h3-12,15,24H,13-14,16H2,1-2H3. The molecule has 1 heterocycles. The predicted octanol–water partition coefficient (Wildman–Crippen LogP) is 5.18. The molecular formula is C23H24N2O2S. The highest BCUT2D eigenvalue weighted by Gasteiger charge is 2.24. The summed E-state index contributed by atoms with van der Waals surface area (Å²) in [5.41, 5.74) is 5.72. The van der Waals surface area contributed by atoms with Crippen molar-refractivity contribution >= 4 is 22.7 Å². The number of fused-ring (bicyclic) bond motifs is 1. The van der Waals surface area contributed by atoms with Gasteiger partial charge in [0.05, 0.1) is 6.54 Å². The van der Waals surface area contributed by atoms with Gasteiger partial charge in [-0.2, -0.15) is 0 Å². The van der Waals surface area contributed by atoms with Crippen LogP contribution in [0.15, 0.2) is 66.7 Å². The van der Waals surface area contributed by atoms with Crippen LogP contribution in [0.5, 0.6) is 11.5 Å². The minimum atomic E-state index is -0.933. The Bertz CT molecular complexity index is 960. The average Bonchev–Trinajstić information content (AvgIpc) is 2.71. The third-order valence-corrected chi connectivity index (χ3v) is 6.07. The van der Waals surface area contributed by atoms with Crippen LogP contribution in [-0.2, 0) is 24.3 Å². The van der Waals surface area contributed by atoms with E-state index in [-0.39, 0.29) is 0 Å². The van der Waals surface area contributed by atoms with E-state index in [2.05, 4.69) is 35.6 Å². The molecule has 0 aromatic heterocycles. The number of nitrogens with one attached hydrogen (secondary N) is 1. The van der Waals surface area contributed by atoms with Crippen LogP contribution >= 0.6 is 0 Å². The molecule has 4 rings (SSSR count). The van der Waals surface area contributed by atoms with Crippen molar-refractivity contribution in [2.75, 3.05) is 18.1 Å². The van der Waals surface area contributed by atoms with E-state index in [1.54, 1.807) is 6.26 Å². The number of hydrogen-bond donors (Lipinski definition) is 1. The molecule has 0 aliphatic carbocycles. The Kier molecular flexibility index (Phi) is 5.57. The molecule has 1 aliphatic rings. The number of nitrogens with zero attached hydrogens (tertiary/aromatic N) is 1. The molecule has 1 N–H and O–H groups in total. The van der Waals surface area contributed by atoms with Crippen molar-refractivity contribution < 1.29 is 9.29 Å². The fourth-order valence-corrected chi connectivity index (χ4v) is 4.15. The first-order valence-electron chi connectivity index (χ1n) is 9.40. The summed E-state index contributed by atoms with van der Waals surface area (Å²) in [7, 11) is 0. The number of anilines is 2. The van der Waals surface area contributed by atoms with Gasteiger partial charge in [-0.3, -0.25) is 0 Å². The van der Waals surface area contributed by atoms with Crippen LogP contribution in [-0.4, -0.2) is 21.7 Å². The maximum absolute atomic E-state index is 11.8. The Morgan fingerprint density at radius 2 is 1.86 bits per heavy atom. The fraction of sp³-hybridized carbons (Fsp3) is 0.217. The molecule has 3 aromatic rings. The van der Waals surface area contributed by atoms with E-state index in [4.69, 9.17) is 4.74 Å². The highest BCUT2D eigenvalue weighted by Crippen LogP contribution is 2.32. The number of benzene rings is 3. The van der Waals surface area contributed by atoms with E-state index in [0.29, 0.717) is 0 Å². The van der Waals surface area contributed by atoms with Crippen LogP contribution in [0.25, 0.3) is 0 Å². The average molecular weight is 393 g/mol.